The predicted octanol–water partition coefficient (Wildman–Crippen LogP) is 4.70. The topological polar surface area (TPSA) is 75.6 Å². The highest BCUT2D eigenvalue weighted by molar-refractivity contribution is 5.79. The molecule has 2 N–H and O–H groups in total. The molecule has 30 heavy (non-hydrogen) atoms. The summed E-state index contributed by atoms with van der Waals surface area (Å²) >= 11 is 0. The van der Waals surface area contributed by atoms with Crippen LogP contribution in [0.2, 0.25) is 0 Å². The Kier molecular flexibility index (Phi) is 5.53. The average Bonchev–Trinajstić information content (AvgIpc) is 3.07. The fourth-order valence-corrected chi connectivity index (χ4v) is 3.98. The first-order valence-corrected chi connectivity index (χ1v) is 9.93. The number of rotatable bonds is 6. The van der Waals surface area contributed by atoms with Gasteiger partial charge in [0.15, 0.2) is 0 Å². The lowest BCUT2D eigenvalue weighted by Crippen LogP contribution is -2.32. The molecule has 152 valence electrons. The van der Waals surface area contributed by atoms with Gasteiger partial charge in [-0.25, -0.2) is 4.79 Å². The minimum atomic E-state index is -0.988. The normalized spacial score (nSPS) is 13.2. The smallest absolute Gasteiger partial charge is 0.407 e. The summed E-state index contributed by atoms with van der Waals surface area (Å²) in [5.74, 6) is -1.85. The van der Waals surface area contributed by atoms with Crippen LogP contribution in [0.5, 0.6) is 0 Å². The van der Waals surface area contributed by atoms with Crippen molar-refractivity contribution in [3.05, 3.63) is 95.1 Å². The highest BCUT2D eigenvalue weighted by Crippen LogP contribution is 2.44. The molecule has 0 spiro atoms. The molecule has 0 aliphatic heterocycles. The van der Waals surface area contributed by atoms with E-state index in [0.29, 0.717) is 5.56 Å². The fourth-order valence-electron chi connectivity index (χ4n) is 3.98. The van der Waals surface area contributed by atoms with E-state index >= 15 is 0 Å². The van der Waals surface area contributed by atoms with Crippen LogP contribution < -0.4 is 5.32 Å². The zero-order valence-electron chi connectivity index (χ0n) is 16.7. The average molecular weight is 401 g/mol. The van der Waals surface area contributed by atoms with E-state index in [4.69, 9.17) is 4.74 Å². The van der Waals surface area contributed by atoms with Crippen molar-refractivity contribution in [2.75, 3.05) is 13.2 Å². The largest absolute Gasteiger partial charge is 0.481 e. The van der Waals surface area contributed by atoms with E-state index in [1.807, 2.05) is 43.3 Å². The van der Waals surface area contributed by atoms with Crippen molar-refractivity contribution in [3.63, 3.8) is 0 Å². The highest BCUT2D eigenvalue weighted by Gasteiger charge is 2.29. The van der Waals surface area contributed by atoms with Gasteiger partial charge in [0.2, 0.25) is 0 Å². The summed E-state index contributed by atoms with van der Waals surface area (Å²) in [5.41, 5.74) is 6.28. The molecule has 0 saturated heterocycles. The molecule has 0 radical (unpaired) electrons. The lowest BCUT2D eigenvalue weighted by molar-refractivity contribution is -0.138. The van der Waals surface area contributed by atoms with Gasteiger partial charge in [-0.3, -0.25) is 4.79 Å². The lowest BCUT2D eigenvalue weighted by atomic mass is 9.98. The number of nitrogens with one attached hydrogen (secondary N) is 1. The number of fused-ring (bicyclic) bond motifs is 3. The van der Waals surface area contributed by atoms with Crippen LogP contribution in [0, 0.1) is 6.92 Å². The van der Waals surface area contributed by atoms with Crippen molar-refractivity contribution in [2.45, 2.75) is 18.8 Å². The van der Waals surface area contributed by atoms with E-state index in [1.165, 1.54) is 0 Å². The van der Waals surface area contributed by atoms with Crippen molar-refractivity contribution in [1.29, 1.82) is 0 Å². The highest BCUT2D eigenvalue weighted by atomic mass is 16.5. The van der Waals surface area contributed by atoms with Gasteiger partial charge in [-0.1, -0.05) is 78.4 Å². The molecule has 0 unspecified atom stereocenters. The summed E-state index contributed by atoms with van der Waals surface area (Å²) < 4.78 is 5.48. The number of aliphatic carboxylic acids is 1. The molecule has 0 fully saturated rings. The molecule has 0 saturated carbocycles. The Morgan fingerprint density at radius 2 is 1.50 bits per heavy atom. The third kappa shape index (κ3) is 3.92. The third-order valence-electron chi connectivity index (χ3n) is 5.57. The Hall–Kier alpha value is -3.60. The number of carboxylic acids is 1. The Balaban J connectivity index is 1.40. The molecular formula is C25H23NO4. The van der Waals surface area contributed by atoms with E-state index in [0.717, 1.165) is 27.8 Å². The van der Waals surface area contributed by atoms with Crippen LogP contribution in [0.3, 0.4) is 0 Å². The van der Waals surface area contributed by atoms with E-state index in [1.54, 1.807) is 12.1 Å². The Bertz CT molecular complexity index is 1030. The van der Waals surface area contributed by atoms with Gasteiger partial charge in [0.05, 0.1) is 5.92 Å². The predicted molar refractivity (Wildman–Crippen MR) is 115 cm³/mol. The van der Waals surface area contributed by atoms with Crippen LogP contribution in [0.15, 0.2) is 72.8 Å². The second-order valence-electron chi connectivity index (χ2n) is 7.51. The molecule has 1 amide bonds. The van der Waals surface area contributed by atoms with Crippen molar-refractivity contribution in [1.82, 2.24) is 5.32 Å². The number of benzene rings is 3. The Morgan fingerprint density at radius 1 is 0.933 bits per heavy atom. The molecule has 0 bridgehead atoms. The molecule has 3 aromatic rings. The fraction of sp³-hybridized carbons (Fsp3) is 0.200. The van der Waals surface area contributed by atoms with E-state index in [-0.39, 0.29) is 19.1 Å². The van der Waals surface area contributed by atoms with Gasteiger partial charge < -0.3 is 15.2 Å². The summed E-state index contributed by atoms with van der Waals surface area (Å²) in [6.07, 6.45) is -0.616. The van der Waals surface area contributed by atoms with Gasteiger partial charge in [-0.15, -0.1) is 0 Å². The maximum atomic E-state index is 12.3. The van der Waals surface area contributed by atoms with Crippen molar-refractivity contribution in [2.24, 2.45) is 0 Å². The number of amides is 1. The quantitative estimate of drug-likeness (QED) is 0.628. The van der Waals surface area contributed by atoms with Crippen LogP contribution in [0.4, 0.5) is 4.79 Å². The molecule has 1 aliphatic rings. The van der Waals surface area contributed by atoms with Crippen LogP contribution in [0.1, 0.15) is 34.1 Å². The summed E-state index contributed by atoms with van der Waals surface area (Å²) in [6, 6.07) is 23.5. The molecule has 3 aromatic carbocycles. The van der Waals surface area contributed by atoms with Crippen LogP contribution >= 0.6 is 0 Å². The summed E-state index contributed by atoms with van der Waals surface area (Å²) in [7, 11) is 0. The summed E-state index contributed by atoms with van der Waals surface area (Å²) in [5, 5.41) is 12.1. The molecule has 0 aromatic heterocycles. The Morgan fingerprint density at radius 3 is 2.07 bits per heavy atom. The number of carbonyl (C=O) groups excluding carboxylic acids is 1. The van der Waals surface area contributed by atoms with Gasteiger partial charge in [0.25, 0.3) is 0 Å². The molecule has 0 heterocycles. The monoisotopic (exact) mass is 401 g/mol. The van der Waals surface area contributed by atoms with Gasteiger partial charge in [0, 0.05) is 12.5 Å². The van der Waals surface area contributed by atoms with Crippen molar-refractivity contribution >= 4 is 12.1 Å². The molecule has 1 aliphatic carbocycles. The van der Waals surface area contributed by atoms with Gasteiger partial charge in [-0.05, 0) is 34.7 Å². The summed E-state index contributed by atoms with van der Waals surface area (Å²) in [6.45, 7) is 2.10. The minimum Gasteiger partial charge on any atom is -0.481 e. The second-order valence-corrected chi connectivity index (χ2v) is 7.51. The zero-order chi connectivity index (χ0) is 21.1. The van der Waals surface area contributed by atoms with Gasteiger partial charge in [-0.2, -0.15) is 0 Å². The summed E-state index contributed by atoms with van der Waals surface area (Å²) in [4.78, 5) is 24.0. The standard InChI is InChI=1S/C25H23NO4/c1-16-10-12-17(13-11-16)22(24(27)28)14-26-25(29)30-15-23-20-8-4-2-6-18(20)19-7-3-5-9-21(19)23/h2-13,22-23H,14-15H2,1H3,(H,26,29)(H,27,28)/t22-/m0/s1. The number of alkyl carbamates (subject to hydrolysis) is 1. The number of aryl methyl sites for hydroxylation is 1. The van der Waals surface area contributed by atoms with E-state index < -0.39 is 18.0 Å². The maximum Gasteiger partial charge on any atom is 0.407 e. The molecule has 5 heteroatoms. The van der Waals surface area contributed by atoms with E-state index in [2.05, 4.69) is 29.6 Å². The number of carboxylic acid groups (broad SMARTS) is 1. The molecule has 4 rings (SSSR count). The van der Waals surface area contributed by atoms with Crippen LogP contribution in [0.25, 0.3) is 11.1 Å². The number of carbonyl (C=O) groups is 2. The Labute approximate surface area is 175 Å². The molecule has 5 nitrogen and oxygen atoms in total. The second kappa shape index (κ2) is 8.41. The first-order valence-electron chi connectivity index (χ1n) is 9.93. The van der Waals surface area contributed by atoms with Crippen LogP contribution in [-0.4, -0.2) is 30.3 Å². The van der Waals surface area contributed by atoms with Crippen molar-refractivity contribution in [3.8, 4) is 11.1 Å². The zero-order valence-corrected chi connectivity index (χ0v) is 16.7. The number of ether oxygens (including phenoxy) is 1. The van der Waals surface area contributed by atoms with Crippen LogP contribution in [-0.2, 0) is 9.53 Å². The lowest BCUT2D eigenvalue weighted by Gasteiger charge is -2.16. The van der Waals surface area contributed by atoms with Gasteiger partial charge in [0.1, 0.15) is 6.61 Å². The van der Waals surface area contributed by atoms with E-state index in [9.17, 15) is 14.7 Å². The third-order valence-corrected chi connectivity index (χ3v) is 5.57. The first kappa shape index (κ1) is 19.7. The number of hydrogen-bond acceptors (Lipinski definition) is 3. The SMILES string of the molecule is Cc1ccc([C@H](CNC(=O)OCC2c3ccccc3-c3ccccc32)C(=O)O)cc1. The van der Waals surface area contributed by atoms with Gasteiger partial charge >= 0.3 is 12.1 Å². The number of hydrogen-bond donors (Lipinski definition) is 2. The maximum absolute atomic E-state index is 12.3. The molecular weight excluding hydrogens is 378 g/mol. The molecule has 1 atom stereocenters. The van der Waals surface area contributed by atoms with Crippen molar-refractivity contribution < 1.29 is 19.4 Å². The minimum absolute atomic E-state index is 0.0319. The first-order chi connectivity index (χ1) is 14.5.